The van der Waals surface area contributed by atoms with Crippen LogP contribution in [0.5, 0.6) is 5.75 Å². The molecule has 0 saturated heterocycles. The predicted molar refractivity (Wildman–Crippen MR) is 103 cm³/mol. The van der Waals surface area contributed by atoms with Gasteiger partial charge in [0.1, 0.15) is 5.75 Å². The van der Waals surface area contributed by atoms with Crippen LogP contribution < -0.4 is 10.1 Å². The van der Waals surface area contributed by atoms with Crippen LogP contribution in [0.2, 0.25) is 10.0 Å². The van der Waals surface area contributed by atoms with E-state index in [0.717, 1.165) is 16.3 Å². The molecule has 1 aromatic heterocycles. The molecule has 128 valence electrons. The SMILES string of the molecule is Cc1nc(-c2ccccc2NC(=O)COc2ccc(Cl)cc2Cl)cs1. The number of benzene rings is 2. The fraction of sp³-hybridized carbons (Fsp3) is 0.111. The molecule has 0 aliphatic rings. The normalized spacial score (nSPS) is 10.5. The molecule has 0 unspecified atom stereocenters. The Morgan fingerprint density at radius 3 is 2.76 bits per heavy atom. The number of para-hydroxylation sites is 1. The number of nitrogens with one attached hydrogen (secondary N) is 1. The first-order valence-corrected chi connectivity index (χ1v) is 9.06. The summed E-state index contributed by atoms with van der Waals surface area (Å²) in [6.45, 7) is 1.78. The summed E-state index contributed by atoms with van der Waals surface area (Å²) in [7, 11) is 0. The summed E-state index contributed by atoms with van der Waals surface area (Å²) < 4.78 is 5.46. The lowest BCUT2D eigenvalue weighted by Gasteiger charge is -2.11. The van der Waals surface area contributed by atoms with Crippen LogP contribution in [0.15, 0.2) is 47.8 Å². The van der Waals surface area contributed by atoms with E-state index >= 15 is 0 Å². The van der Waals surface area contributed by atoms with Crippen molar-refractivity contribution in [3.8, 4) is 17.0 Å². The van der Waals surface area contributed by atoms with E-state index in [0.29, 0.717) is 21.5 Å². The third-order valence-corrected chi connectivity index (χ3v) is 4.65. The Balaban J connectivity index is 1.69. The average molecular weight is 393 g/mol. The van der Waals surface area contributed by atoms with Gasteiger partial charge in [0.15, 0.2) is 6.61 Å². The number of thiazole rings is 1. The van der Waals surface area contributed by atoms with Crippen LogP contribution in [0, 0.1) is 6.92 Å². The van der Waals surface area contributed by atoms with Gasteiger partial charge >= 0.3 is 0 Å². The van der Waals surface area contributed by atoms with Crippen molar-refractivity contribution in [1.82, 2.24) is 4.98 Å². The van der Waals surface area contributed by atoms with Gasteiger partial charge in [-0.25, -0.2) is 4.98 Å². The van der Waals surface area contributed by atoms with Crippen LogP contribution >= 0.6 is 34.5 Å². The molecule has 0 saturated carbocycles. The molecular formula is C18H14Cl2N2O2S. The molecule has 0 spiro atoms. The largest absolute Gasteiger partial charge is 0.482 e. The topological polar surface area (TPSA) is 51.2 Å². The van der Waals surface area contributed by atoms with E-state index in [2.05, 4.69) is 10.3 Å². The van der Waals surface area contributed by atoms with E-state index in [9.17, 15) is 4.79 Å². The van der Waals surface area contributed by atoms with E-state index in [1.807, 2.05) is 36.6 Å². The van der Waals surface area contributed by atoms with Crippen molar-refractivity contribution in [2.75, 3.05) is 11.9 Å². The molecule has 3 rings (SSSR count). The molecule has 7 heteroatoms. The number of carbonyl (C=O) groups excluding carboxylic acids is 1. The number of hydrogen-bond donors (Lipinski definition) is 1. The number of rotatable bonds is 5. The monoisotopic (exact) mass is 392 g/mol. The van der Waals surface area contributed by atoms with Gasteiger partial charge in [-0.1, -0.05) is 41.4 Å². The van der Waals surface area contributed by atoms with Gasteiger partial charge in [0.25, 0.3) is 5.91 Å². The maximum Gasteiger partial charge on any atom is 0.262 e. The molecule has 0 fully saturated rings. The summed E-state index contributed by atoms with van der Waals surface area (Å²) >= 11 is 13.4. The lowest BCUT2D eigenvalue weighted by molar-refractivity contribution is -0.118. The summed E-state index contributed by atoms with van der Waals surface area (Å²) in [4.78, 5) is 16.7. The molecular weight excluding hydrogens is 379 g/mol. The molecule has 0 atom stereocenters. The molecule has 1 N–H and O–H groups in total. The fourth-order valence-electron chi connectivity index (χ4n) is 2.22. The summed E-state index contributed by atoms with van der Waals surface area (Å²) in [5.41, 5.74) is 2.38. The minimum absolute atomic E-state index is 0.161. The van der Waals surface area contributed by atoms with Crippen LogP contribution in [0.25, 0.3) is 11.3 Å². The van der Waals surface area contributed by atoms with E-state index in [1.54, 1.807) is 29.5 Å². The quantitative estimate of drug-likeness (QED) is 0.628. The highest BCUT2D eigenvalue weighted by atomic mass is 35.5. The van der Waals surface area contributed by atoms with Crippen molar-refractivity contribution in [3.05, 3.63) is 62.9 Å². The van der Waals surface area contributed by atoms with Gasteiger partial charge in [0.2, 0.25) is 0 Å². The minimum Gasteiger partial charge on any atom is -0.482 e. The zero-order valence-electron chi connectivity index (χ0n) is 13.3. The number of aryl methyl sites for hydroxylation is 1. The Morgan fingerprint density at radius 1 is 1.24 bits per heavy atom. The fourth-order valence-corrected chi connectivity index (χ4v) is 3.30. The van der Waals surface area contributed by atoms with Crippen molar-refractivity contribution in [2.45, 2.75) is 6.92 Å². The molecule has 4 nitrogen and oxygen atoms in total. The highest BCUT2D eigenvalue weighted by Gasteiger charge is 2.12. The van der Waals surface area contributed by atoms with Gasteiger partial charge in [-0.3, -0.25) is 4.79 Å². The van der Waals surface area contributed by atoms with Gasteiger partial charge in [0, 0.05) is 16.0 Å². The highest BCUT2D eigenvalue weighted by molar-refractivity contribution is 7.09. The second-order valence-electron chi connectivity index (χ2n) is 5.21. The summed E-state index contributed by atoms with van der Waals surface area (Å²) in [5.74, 6) is 0.120. The van der Waals surface area contributed by atoms with Gasteiger partial charge < -0.3 is 10.1 Å². The van der Waals surface area contributed by atoms with Crippen molar-refractivity contribution in [2.24, 2.45) is 0 Å². The Labute approximate surface area is 159 Å². The summed E-state index contributed by atoms with van der Waals surface area (Å²) in [5, 5.41) is 6.65. The van der Waals surface area contributed by atoms with Crippen LogP contribution in [-0.2, 0) is 4.79 Å². The summed E-state index contributed by atoms with van der Waals surface area (Å²) in [6.07, 6.45) is 0. The van der Waals surface area contributed by atoms with E-state index < -0.39 is 0 Å². The number of anilines is 1. The smallest absolute Gasteiger partial charge is 0.262 e. The summed E-state index contributed by atoms with van der Waals surface area (Å²) in [6, 6.07) is 12.4. The van der Waals surface area contributed by atoms with Gasteiger partial charge in [0.05, 0.1) is 21.4 Å². The number of aromatic nitrogens is 1. The van der Waals surface area contributed by atoms with Gasteiger partial charge in [-0.2, -0.15) is 0 Å². The molecule has 0 radical (unpaired) electrons. The van der Waals surface area contributed by atoms with E-state index in [-0.39, 0.29) is 12.5 Å². The van der Waals surface area contributed by atoms with Crippen LogP contribution in [0.1, 0.15) is 5.01 Å². The number of nitrogens with zero attached hydrogens (tertiary/aromatic N) is 1. The first-order valence-electron chi connectivity index (χ1n) is 7.42. The average Bonchev–Trinajstić information content (AvgIpc) is 3.01. The maximum atomic E-state index is 12.2. The Morgan fingerprint density at radius 2 is 2.04 bits per heavy atom. The number of hydrogen-bond acceptors (Lipinski definition) is 4. The highest BCUT2D eigenvalue weighted by Crippen LogP contribution is 2.29. The molecule has 1 heterocycles. The number of ether oxygens (including phenoxy) is 1. The maximum absolute atomic E-state index is 12.2. The third-order valence-electron chi connectivity index (χ3n) is 3.35. The minimum atomic E-state index is -0.287. The lowest BCUT2D eigenvalue weighted by Crippen LogP contribution is -2.20. The van der Waals surface area contributed by atoms with Crippen molar-refractivity contribution < 1.29 is 9.53 Å². The zero-order chi connectivity index (χ0) is 17.8. The second kappa shape index (κ2) is 7.87. The third kappa shape index (κ3) is 4.51. The van der Waals surface area contributed by atoms with E-state index in [4.69, 9.17) is 27.9 Å². The number of carbonyl (C=O) groups is 1. The van der Waals surface area contributed by atoms with Crippen molar-refractivity contribution >= 4 is 46.1 Å². The molecule has 1 amide bonds. The van der Waals surface area contributed by atoms with Gasteiger partial charge in [-0.05, 0) is 31.2 Å². The van der Waals surface area contributed by atoms with Crippen LogP contribution in [0.3, 0.4) is 0 Å². The Kier molecular flexibility index (Phi) is 5.58. The Bertz CT molecular complexity index is 912. The van der Waals surface area contributed by atoms with Gasteiger partial charge in [-0.15, -0.1) is 11.3 Å². The van der Waals surface area contributed by atoms with Crippen LogP contribution in [-0.4, -0.2) is 17.5 Å². The molecule has 25 heavy (non-hydrogen) atoms. The zero-order valence-corrected chi connectivity index (χ0v) is 15.6. The van der Waals surface area contributed by atoms with Crippen molar-refractivity contribution in [1.29, 1.82) is 0 Å². The first kappa shape index (κ1) is 17.7. The number of amides is 1. The molecule has 2 aromatic carbocycles. The first-order chi connectivity index (χ1) is 12.0. The standard InChI is InChI=1S/C18H14Cl2N2O2S/c1-11-21-16(10-25-11)13-4-2-3-5-15(13)22-18(23)9-24-17-7-6-12(19)8-14(17)20/h2-8,10H,9H2,1H3,(H,22,23). The molecule has 0 aliphatic heterocycles. The second-order valence-corrected chi connectivity index (χ2v) is 7.11. The van der Waals surface area contributed by atoms with Crippen LogP contribution in [0.4, 0.5) is 5.69 Å². The molecule has 0 bridgehead atoms. The molecule has 0 aliphatic carbocycles. The molecule has 3 aromatic rings. The van der Waals surface area contributed by atoms with E-state index in [1.165, 1.54) is 0 Å². The lowest BCUT2D eigenvalue weighted by atomic mass is 10.1. The predicted octanol–water partition coefficient (Wildman–Crippen LogP) is 5.44. The van der Waals surface area contributed by atoms with Crippen molar-refractivity contribution in [3.63, 3.8) is 0 Å². The number of halogens is 2. The Hall–Kier alpha value is -2.08.